The first-order chi connectivity index (χ1) is 23.2. The SMILES string of the molecule is COc1ccc(-c2csc(NC(=O)C(C)Sc3ccc(NC(=O)/C(=C/c4ccccc4[N+](=O)[O-])NC(=O)c4ccccc4)cc3)n2)cc1. The zero-order valence-corrected chi connectivity index (χ0v) is 27.3. The molecule has 0 spiro atoms. The number of anilines is 2. The Hall–Kier alpha value is -5.79. The first kappa shape index (κ1) is 33.6. The molecule has 242 valence electrons. The summed E-state index contributed by atoms with van der Waals surface area (Å²) in [6, 6.07) is 28.5. The van der Waals surface area contributed by atoms with Gasteiger partial charge in [0.2, 0.25) is 5.91 Å². The summed E-state index contributed by atoms with van der Waals surface area (Å²) >= 11 is 2.66. The maximum Gasteiger partial charge on any atom is 0.276 e. The lowest BCUT2D eigenvalue weighted by molar-refractivity contribution is -0.385. The van der Waals surface area contributed by atoms with E-state index in [9.17, 15) is 24.5 Å². The number of hydrogen-bond acceptors (Lipinski definition) is 9. The number of nitrogens with one attached hydrogen (secondary N) is 3. The summed E-state index contributed by atoms with van der Waals surface area (Å²) in [6.45, 7) is 1.78. The molecule has 4 aromatic carbocycles. The van der Waals surface area contributed by atoms with Gasteiger partial charge >= 0.3 is 0 Å². The highest BCUT2D eigenvalue weighted by Gasteiger charge is 2.20. The van der Waals surface area contributed by atoms with Gasteiger partial charge in [-0.05, 0) is 79.7 Å². The Morgan fingerprint density at radius 2 is 1.60 bits per heavy atom. The summed E-state index contributed by atoms with van der Waals surface area (Å²) in [4.78, 5) is 55.5. The van der Waals surface area contributed by atoms with Crippen molar-refractivity contribution in [1.29, 1.82) is 0 Å². The van der Waals surface area contributed by atoms with Crippen molar-refractivity contribution in [2.45, 2.75) is 17.1 Å². The monoisotopic (exact) mass is 679 g/mol. The Morgan fingerprint density at radius 1 is 0.917 bits per heavy atom. The molecule has 11 nitrogen and oxygen atoms in total. The van der Waals surface area contributed by atoms with Gasteiger partial charge < -0.3 is 20.7 Å². The fourth-order valence-corrected chi connectivity index (χ4v) is 5.97. The highest BCUT2D eigenvalue weighted by Crippen LogP contribution is 2.29. The number of para-hydroxylation sites is 1. The van der Waals surface area contributed by atoms with E-state index in [1.54, 1.807) is 74.7 Å². The Balaban J connectivity index is 1.23. The largest absolute Gasteiger partial charge is 0.497 e. The molecule has 0 aliphatic rings. The molecule has 1 unspecified atom stereocenters. The van der Waals surface area contributed by atoms with Gasteiger partial charge in [-0.25, -0.2) is 4.98 Å². The Kier molecular flexibility index (Phi) is 11.0. The average molecular weight is 680 g/mol. The number of aromatic nitrogens is 1. The third-order valence-electron chi connectivity index (χ3n) is 6.88. The van der Waals surface area contributed by atoms with E-state index in [0.29, 0.717) is 16.4 Å². The van der Waals surface area contributed by atoms with Gasteiger partial charge in [-0.15, -0.1) is 23.1 Å². The van der Waals surface area contributed by atoms with Crippen molar-refractivity contribution in [3.8, 4) is 17.0 Å². The van der Waals surface area contributed by atoms with E-state index >= 15 is 0 Å². The first-order valence-electron chi connectivity index (χ1n) is 14.5. The van der Waals surface area contributed by atoms with E-state index in [1.807, 2.05) is 29.6 Å². The summed E-state index contributed by atoms with van der Waals surface area (Å²) in [7, 11) is 1.60. The second kappa shape index (κ2) is 15.7. The van der Waals surface area contributed by atoms with Crippen LogP contribution in [0, 0.1) is 10.1 Å². The second-order valence-corrected chi connectivity index (χ2v) is 12.5. The Labute approximate surface area is 284 Å². The average Bonchev–Trinajstić information content (AvgIpc) is 3.57. The molecule has 0 saturated heterocycles. The Morgan fingerprint density at radius 3 is 2.29 bits per heavy atom. The van der Waals surface area contributed by atoms with Gasteiger partial charge in [-0.1, -0.05) is 30.3 Å². The molecule has 0 aliphatic heterocycles. The second-order valence-electron chi connectivity index (χ2n) is 10.2. The van der Waals surface area contributed by atoms with Crippen molar-refractivity contribution in [3.05, 3.63) is 135 Å². The fraction of sp³-hybridized carbons (Fsp3) is 0.0857. The summed E-state index contributed by atoms with van der Waals surface area (Å²) in [6.07, 6.45) is 1.27. The number of ether oxygens (including phenoxy) is 1. The fourth-order valence-electron chi connectivity index (χ4n) is 4.38. The Bertz CT molecular complexity index is 1960. The van der Waals surface area contributed by atoms with E-state index in [1.165, 1.54) is 47.4 Å². The van der Waals surface area contributed by atoms with Crippen molar-refractivity contribution in [2.24, 2.45) is 0 Å². The molecule has 0 bridgehead atoms. The number of hydrogen-bond donors (Lipinski definition) is 3. The molecule has 5 rings (SSSR count). The lowest BCUT2D eigenvalue weighted by Gasteiger charge is -2.13. The topological polar surface area (TPSA) is 153 Å². The molecule has 0 aliphatic carbocycles. The van der Waals surface area contributed by atoms with Crippen LogP contribution in [0.5, 0.6) is 5.75 Å². The van der Waals surface area contributed by atoms with E-state index in [-0.39, 0.29) is 22.9 Å². The van der Waals surface area contributed by atoms with Crippen molar-refractivity contribution < 1.29 is 24.0 Å². The quantitative estimate of drug-likeness (QED) is 0.0539. The van der Waals surface area contributed by atoms with Gasteiger partial charge in [-0.3, -0.25) is 24.5 Å². The molecule has 0 fully saturated rings. The predicted molar refractivity (Wildman–Crippen MR) is 188 cm³/mol. The zero-order valence-electron chi connectivity index (χ0n) is 25.7. The summed E-state index contributed by atoms with van der Waals surface area (Å²) in [5, 5.41) is 21.7. The third-order valence-corrected chi connectivity index (χ3v) is 8.75. The minimum atomic E-state index is -0.678. The standard InChI is InChI=1S/C35H29N5O6S2/c1-22(32(41)39-35-38-30(21-47-35)23-12-16-27(46-2)17-13-23)48-28-18-14-26(15-19-28)36-34(43)29(37-33(42)24-8-4-3-5-9-24)20-25-10-6-7-11-31(25)40(44)45/h3-22H,1-2H3,(H,36,43)(H,37,42)(H,38,39,41)/b29-20-. The lowest BCUT2D eigenvalue weighted by atomic mass is 10.1. The van der Waals surface area contributed by atoms with Crippen LogP contribution < -0.4 is 20.7 Å². The van der Waals surface area contributed by atoms with E-state index in [4.69, 9.17) is 4.74 Å². The molecular formula is C35H29N5O6S2. The van der Waals surface area contributed by atoms with Crippen LogP contribution >= 0.6 is 23.1 Å². The number of nitro benzene ring substituents is 1. The van der Waals surface area contributed by atoms with Crippen LogP contribution in [0.1, 0.15) is 22.8 Å². The van der Waals surface area contributed by atoms with Crippen LogP contribution in [0.4, 0.5) is 16.5 Å². The molecule has 5 aromatic rings. The number of rotatable bonds is 12. The third kappa shape index (κ3) is 8.72. The highest BCUT2D eigenvalue weighted by molar-refractivity contribution is 8.00. The number of carbonyl (C=O) groups excluding carboxylic acids is 3. The molecular weight excluding hydrogens is 651 g/mol. The van der Waals surface area contributed by atoms with E-state index < -0.39 is 22.0 Å². The number of benzene rings is 4. The van der Waals surface area contributed by atoms with Gasteiger partial charge in [0.15, 0.2) is 5.13 Å². The minimum Gasteiger partial charge on any atom is -0.497 e. The van der Waals surface area contributed by atoms with Crippen molar-refractivity contribution >= 4 is 63.4 Å². The maximum absolute atomic E-state index is 13.4. The number of carbonyl (C=O) groups is 3. The highest BCUT2D eigenvalue weighted by atomic mass is 32.2. The number of thioether (sulfide) groups is 1. The van der Waals surface area contributed by atoms with Gasteiger partial charge in [0.1, 0.15) is 11.4 Å². The first-order valence-corrected chi connectivity index (χ1v) is 16.3. The normalized spacial score (nSPS) is 11.7. The van der Waals surface area contributed by atoms with E-state index in [0.717, 1.165) is 21.9 Å². The number of nitrogens with zero attached hydrogens (tertiary/aromatic N) is 2. The van der Waals surface area contributed by atoms with Crippen LogP contribution in [-0.4, -0.2) is 40.0 Å². The molecule has 1 heterocycles. The minimum absolute atomic E-state index is 0.148. The number of thiazole rings is 1. The number of amides is 3. The van der Waals surface area contributed by atoms with Crippen LogP contribution in [0.25, 0.3) is 17.3 Å². The molecule has 0 radical (unpaired) electrons. The van der Waals surface area contributed by atoms with Crippen LogP contribution in [0.3, 0.4) is 0 Å². The van der Waals surface area contributed by atoms with Gasteiger partial charge in [0, 0.05) is 33.2 Å². The predicted octanol–water partition coefficient (Wildman–Crippen LogP) is 7.26. The maximum atomic E-state index is 13.4. The molecule has 3 amide bonds. The molecule has 1 atom stereocenters. The molecule has 48 heavy (non-hydrogen) atoms. The zero-order chi connectivity index (χ0) is 34.0. The van der Waals surface area contributed by atoms with Crippen molar-refractivity contribution in [2.75, 3.05) is 17.7 Å². The van der Waals surface area contributed by atoms with Crippen LogP contribution in [-0.2, 0) is 9.59 Å². The van der Waals surface area contributed by atoms with Gasteiger partial charge in [-0.2, -0.15) is 0 Å². The van der Waals surface area contributed by atoms with Crippen molar-refractivity contribution in [3.63, 3.8) is 0 Å². The van der Waals surface area contributed by atoms with Crippen LogP contribution in [0.2, 0.25) is 0 Å². The number of nitro groups is 1. The van der Waals surface area contributed by atoms with Gasteiger partial charge in [0.25, 0.3) is 17.5 Å². The molecule has 13 heteroatoms. The summed E-state index contributed by atoms with van der Waals surface area (Å²) in [5.41, 5.74) is 2.13. The van der Waals surface area contributed by atoms with E-state index in [2.05, 4.69) is 20.9 Å². The molecule has 1 aromatic heterocycles. The van der Waals surface area contributed by atoms with Crippen LogP contribution in [0.15, 0.2) is 119 Å². The summed E-state index contributed by atoms with van der Waals surface area (Å²) < 4.78 is 5.20. The molecule has 3 N–H and O–H groups in total. The van der Waals surface area contributed by atoms with Crippen molar-refractivity contribution in [1.82, 2.24) is 10.3 Å². The molecule has 0 saturated carbocycles. The summed E-state index contributed by atoms with van der Waals surface area (Å²) in [5.74, 6) is -0.701. The lowest BCUT2D eigenvalue weighted by Crippen LogP contribution is -2.30. The van der Waals surface area contributed by atoms with Gasteiger partial charge in [0.05, 0.1) is 28.5 Å². The smallest absolute Gasteiger partial charge is 0.276 e. The number of methoxy groups -OCH3 is 1.